The second kappa shape index (κ2) is 6.02. The van der Waals surface area contributed by atoms with E-state index in [9.17, 15) is 14.3 Å². The van der Waals surface area contributed by atoms with Gasteiger partial charge in [0.2, 0.25) is 0 Å². The predicted octanol–water partition coefficient (Wildman–Crippen LogP) is 2.43. The van der Waals surface area contributed by atoms with E-state index >= 15 is 0 Å². The lowest BCUT2D eigenvalue weighted by Gasteiger charge is -2.28. The molecule has 4 nitrogen and oxygen atoms in total. The van der Waals surface area contributed by atoms with Crippen molar-refractivity contribution in [2.45, 2.75) is 25.8 Å². The molecule has 1 fully saturated rings. The maximum atomic E-state index is 13.3. The van der Waals surface area contributed by atoms with Crippen LogP contribution < -0.4 is 5.32 Å². The number of carboxylic acids is 1. The number of aryl methyl sites for hydroxylation is 1. The minimum atomic E-state index is -0.933. The summed E-state index contributed by atoms with van der Waals surface area (Å²) < 4.78 is 18.6. The molecule has 1 aliphatic rings. The number of nitrogens with one attached hydrogen (secondary N) is 1. The molecule has 19 heavy (non-hydrogen) atoms. The molecule has 2 atom stereocenters. The third kappa shape index (κ3) is 3.67. The lowest BCUT2D eigenvalue weighted by Crippen LogP contribution is -2.41. The molecule has 2 rings (SSSR count). The molecule has 0 spiro atoms. The summed E-state index contributed by atoms with van der Waals surface area (Å²) in [5.41, 5.74) is 1.25. The van der Waals surface area contributed by atoms with E-state index in [1.54, 1.807) is 13.0 Å². The fourth-order valence-electron chi connectivity index (χ4n) is 2.41. The first kappa shape index (κ1) is 13.8. The average molecular weight is 267 g/mol. The normalized spacial score (nSPS) is 20.8. The molecule has 1 heterocycles. The summed E-state index contributed by atoms with van der Waals surface area (Å²) in [4.78, 5) is 11.4. The Bertz CT molecular complexity index is 438. The Morgan fingerprint density at radius 1 is 1.53 bits per heavy atom. The van der Waals surface area contributed by atoms with Gasteiger partial charge in [-0.2, -0.15) is 0 Å². The van der Waals surface area contributed by atoms with Gasteiger partial charge >= 0.3 is 5.97 Å². The average Bonchev–Trinajstić information content (AvgIpc) is 2.35. The third-order valence-electron chi connectivity index (χ3n) is 3.30. The molecule has 0 saturated carbocycles. The molecular weight excluding hydrogens is 249 g/mol. The molecular formula is C14H18FNO3. The molecule has 2 N–H and O–H groups in total. The van der Waals surface area contributed by atoms with Crippen LogP contribution in [0.15, 0.2) is 18.2 Å². The Morgan fingerprint density at radius 2 is 2.32 bits per heavy atom. The van der Waals surface area contributed by atoms with E-state index in [-0.39, 0.29) is 11.7 Å². The van der Waals surface area contributed by atoms with Crippen molar-refractivity contribution in [2.24, 2.45) is 5.92 Å². The number of benzene rings is 1. The van der Waals surface area contributed by atoms with Gasteiger partial charge in [-0.15, -0.1) is 0 Å². The highest BCUT2D eigenvalue weighted by Crippen LogP contribution is 2.22. The summed E-state index contributed by atoms with van der Waals surface area (Å²) in [5, 5.41) is 12.2. The fourth-order valence-corrected chi connectivity index (χ4v) is 2.41. The molecule has 1 aliphatic heterocycles. The first-order chi connectivity index (χ1) is 9.06. The quantitative estimate of drug-likeness (QED) is 0.879. The Labute approximate surface area is 111 Å². The zero-order chi connectivity index (χ0) is 13.8. The van der Waals surface area contributed by atoms with Crippen molar-refractivity contribution in [1.82, 2.24) is 0 Å². The monoisotopic (exact) mass is 267 g/mol. The Balaban J connectivity index is 2.13. The first-order valence-electron chi connectivity index (χ1n) is 6.40. The van der Waals surface area contributed by atoms with Gasteiger partial charge in [-0.25, -0.2) is 9.18 Å². The second-order valence-electron chi connectivity index (χ2n) is 4.95. The molecule has 5 heteroatoms. The van der Waals surface area contributed by atoms with Crippen LogP contribution in [0.2, 0.25) is 0 Å². The van der Waals surface area contributed by atoms with Crippen molar-refractivity contribution in [3.8, 4) is 0 Å². The van der Waals surface area contributed by atoms with Crippen molar-refractivity contribution in [3.05, 3.63) is 29.6 Å². The standard InChI is InChI=1S/C14H18FNO3/c1-9-5-11(15)7-12(6-9)16-13(14(17)18)10-3-2-4-19-8-10/h5-7,10,13,16H,2-4,8H2,1H3,(H,17,18). The number of carbonyl (C=O) groups is 1. The molecule has 0 aliphatic carbocycles. The molecule has 0 aromatic heterocycles. The number of anilines is 1. The highest BCUT2D eigenvalue weighted by atomic mass is 19.1. The van der Waals surface area contributed by atoms with Gasteiger partial charge in [0.1, 0.15) is 11.9 Å². The van der Waals surface area contributed by atoms with Crippen LogP contribution in [0.4, 0.5) is 10.1 Å². The van der Waals surface area contributed by atoms with Crippen molar-refractivity contribution in [2.75, 3.05) is 18.5 Å². The number of ether oxygens (including phenoxy) is 1. The largest absolute Gasteiger partial charge is 0.480 e. The van der Waals surface area contributed by atoms with E-state index in [0.717, 1.165) is 18.4 Å². The number of hydrogen-bond acceptors (Lipinski definition) is 3. The summed E-state index contributed by atoms with van der Waals surface area (Å²) in [6, 6.07) is 3.71. The van der Waals surface area contributed by atoms with Gasteiger partial charge in [-0.3, -0.25) is 0 Å². The van der Waals surface area contributed by atoms with E-state index in [2.05, 4.69) is 5.32 Å². The summed E-state index contributed by atoms with van der Waals surface area (Å²) in [6.07, 6.45) is 1.66. The summed E-state index contributed by atoms with van der Waals surface area (Å²) in [6.45, 7) is 2.88. The summed E-state index contributed by atoms with van der Waals surface area (Å²) in [7, 11) is 0. The first-order valence-corrected chi connectivity index (χ1v) is 6.40. The van der Waals surface area contributed by atoms with Gasteiger partial charge in [0.15, 0.2) is 0 Å². The van der Waals surface area contributed by atoms with Crippen LogP contribution in [0, 0.1) is 18.7 Å². The molecule has 104 valence electrons. The second-order valence-corrected chi connectivity index (χ2v) is 4.95. The van der Waals surface area contributed by atoms with Crippen LogP contribution in [-0.4, -0.2) is 30.3 Å². The molecule has 0 radical (unpaired) electrons. The smallest absolute Gasteiger partial charge is 0.326 e. The summed E-state index contributed by atoms with van der Waals surface area (Å²) in [5.74, 6) is -1.39. The van der Waals surface area contributed by atoms with Crippen LogP contribution in [0.25, 0.3) is 0 Å². The van der Waals surface area contributed by atoms with Crippen molar-refractivity contribution in [1.29, 1.82) is 0 Å². The van der Waals surface area contributed by atoms with Gasteiger partial charge < -0.3 is 15.2 Å². The van der Waals surface area contributed by atoms with E-state index in [1.807, 2.05) is 0 Å². The van der Waals surface area contributed by atoms with Crippen molar-refractivity contribution >= 4 is 11.7 Å². The van der Waals surface area contributed by atoms with Crippen LogP contribution in [0.3, 0.4) is 0 Å². The lowest BCUT2D eigenvalue weighted by molar-refractivity contribution is -0.140. The van der Waals surface area contributed by atoms with Crippen LogP contribution in [0.1, 0.15) is 18.4 Å². The number of aliphatic carboxylic acids is 1. The van der Waals surface area contributed by atoms with Crippen LogP contribution in [0.5, 0.6) is 0 Å². The van der Waals surface area contributed by atoms with Crippen molar-refractivity contribution in [3.63, 3.8) is 0 Å². The Morgan fingerprint density at radius 3 is 2.89 bits per heavy atom. The van der Waals surface area contributed by atoms with Gasteiger partial charge in [0.05, 0.1) is 6.61 Å². The molecule has 1 saturated heterocycles. The van der Waals surface area contributed by atoms with Gasteiger partial charge in [-0.1, -0.05) is 0 Å². The number of hydrogen-bond donors (Lipinski definition) is 2. The number of carboxylic acid groups (broad SMARTS) is 1. The van der Waals surface area contributed by atoms with Gasteiger partial charge in [-0.05, 0) is 43.5 Å². The van der Waals surface area contributed by atoms with Crippen LogP contribution in [-0.2, 0) is 9.53 Å². The molecule has 1 aromatic carbocycles. The SMILES string of the molecule is Cc1cc(F)cc(NC(C(=O)O)C2CCCOC2)c1. The fraction of sp³-hybridized carbons (Fsp3) is 0.500. The zero-order valence-corrected chi connectivity index (χ0v) is 10.9. The minimum Gasteiger partial charge on any atom is -0.480 e. The van der Waals surface area contributed by atoms with Crippen LogP contribution >= 0.6 is 0 Å². The Kier molecular flexibility index (Phi) is 4.37. The van der Waals surface area contributed by atoms with Gasteiger partial charge in [0, 0.05) is 18.2 Å². The third-order valence-corrected chi connectivity index (χ3v) is 3.30. The summed E-state index contributed by atoms with van der Waals surface area (Å²) >= 11 is 0. The van der Waals surface area contributed by atoms with E-state index in [1.165, 1.54) is 12.1 Å². The van der Waals surface area contributed by atoms with E-state index in [0.29, 0.717) is 18.9 Å². The lowest BCUT2D eigenvalue weighted by atomic mass is 9.93. The van der Waals surface area contributed by atoms with E-state index in [4.69, 9.17) is 4.74 Å². The maximum Gasteiger partial charge on any atom is 0.326 e. The van der Waals surface area contributed by atoms with Crippen molar-refractivity contribution < 1.29 is 19.0 Å². The number of rotatable bonds is 4. The Hall–Kier alpha value is -1.62. The maximum absolute atomic E-state index is 13.3. The topological polar surface area (TPSA) is 58.6 Å². The van der Waals surface area contributed by atoms with Gasteiger partial charge in [0.25, 0.3) is 0 Å². The highest BCUT2D eigenvalue weighted by molar-refractivity contribution is 5.77. The molecule has 1 aromatic rings. The highest BCUT2D eigenvalue weighted by Gasteiger charge is 2.30. The predicted molar refractivity (Wildman–Crippen MR) is 69.7 cm³/mol. The molecule has 2 unspecified atom stereocenters. The molecule has 0 amide bonds. The molecule has 0 bridgehead atoms. The zero-order valence-electron chi connectivity index (χ0n) is 10.9. The van der Waals surface area contributed by atoms with E-state index < -0.39 is 12.0 Å². The minimum absolute atomic E-state index is 0.0881. The number of halogens is 1.